The minimum absolute atomic E-state index is 0.199. The summed E-state index contributed by atoms with van der Waals surface area (Å²) in [5.74, 6) is -0.210. The van der Waals surface area contributed by atoms with E-state index in [4.69, 9.17) is 11.6 Å². The van der Waals surface area contributed by atoms with Gasteiger partial charge in [0.2, 0.25) is 5.56 Å². The Morgan fingerprint density at radius 2 is 2.15 bits per heavy atom. The molecular formula is C14H11ClFN3O. The van der Waals surface area contributed by atoms with Crippen LogP contribution in [0.4, 0.5) is 4.39 Å². The molecule has 4 nitrogen and oxygen atoms in total. The summed E-state index contributed by atoms with van der Waals surface area (Å²) in [6.45, 7) is 1.80. The van der Waals surface area contributed by atoms with Gasteiger partial charge < -0.3 is 4.98 Å². The van der Waals surface area contributed by atoms with Crippen LogP contribution in [-0.4, -0.2) is 14.8 Å². The van der Waals surface area contributed by atoms with E-state index >= 15 is 0 Å². The highest BCUT2D eigenvalue weighted by Gasteiger charge is 2.15. The summed E-state index contributed by atoms with van der Waals surface area (Å²) >= 11 is 5.87. The number of aryl methyl sites for hydroxylation is 1. The Bertz CT molecular complexity index is 853. The summed E-state index contributed by atoms with van der Waals surface area (Å²) < 4.78 is 15.3. The molecule has 102 valence electrons. The van der Waals surface area contributed by atoms with E-state index in [1.54, 1.807) is 25.1 Å². The van der Waals surface area contributed by atoms with Gasteiger partial charge in [0.15, 0.2) is 0 Å². The van der Waals surface area contributed by atoms with Crippen LogP contribution in [0.15, 0.2) is 35.1 Å². The van der Waals surface area contributed by atoms with Crippen molar-refractivity contribution in [1.29, 1.82) is 0 Å². The van der Waals surface area contributed by atoms with Crippen LogP contribution in [0.5, 0.6) is 0 Å². The maximum atomic E-state index is 13.9. The average molecular weight is 292 g/mol. The Morgan fingerprint density at radius 3 is 2.85 bits per heavy atom. The largest absolute Gasteiger partial charge is 0.306 e. The first-order chi connectivity index (χ1) is 9.61. The van der Waals surface area contributed by atoms with Crippen molar-refractivity contribution in [2.45, 2.75) is 12.8 Å². The van der Waals surface area contributed by atoms with E-state index in [0.29, 0.717) is 16.9 Å². The lowest BCUT2D eigenvalue weighted by Gasteiger charge is -2.05. The molecule has 0 unspecified atom stereocenters. The molecule has 0 aliphatic rings. The van der Waals surface area contributed by atoms with Crippen molar-refractivity contribution in [3.63, 3.8) is 0 Å². The quantitative estimate of drug-likeness (QED) is 0.738. The maximum Gasteiger partial charge on any atom is 0.249 e. The summed E-state index contributed by atoms with van der Waals surface area (Å²) in [5.41, 5.74) is 1.83. The number of H-pyrrole nitrogens is 1. The molecule has 0 saturated heterocycles. The molecule has 0 fully saturated rings. The van der Waals surface area contributed by atoms with Gasteiger partial charge >= 0.3 is 0 Å². The number of nitrogens with one attached hydrogen (secondary N) is 1. The molecule has 0 aliphatic heterocycles. The van der Waals surface area contributed by atoms with Gasteiger partial charge in [0.05, 0.1) is 5.69 Å². The van der Waals surface area contributed by atoms with E-state index in [0.717, 1.165) is 5.39 Å². The third kappa shape index (κ3) is 1.91. The molecule has 0 bridgehead atoms. The number of hydrogen-bond acceptors (Lipinski definition) is 2. The molecule has 0 atom stereocenters. The molecule has 1 aromatic carbocycles. The number of benzene rings is 1. The van der Waals surface area contributed by atoms with Gasteiger partial charge in [0, 0.05) is 17.3 Å². The van der Waals surface area contributed by atoms with Gasteiger partial charge in [-0.1, -0.05) is 12.1 Å². The molecular weight excluding hydrogens is 281 g/mol. The van der Waals surface area contributed by atoms with E-state index in [9.17, 15) is 9.18 Å². The van der Waals surface area contributed by atoms with Crippen molar-refractivity contribution in [3.8, 4) is 5.69 Å². The molecule has 3 aromatic rings. The van der Waals surface area contributed by atoms with E-state index < -0.39 is 5.82 Å². The molecule has 0 saturated carbocycles. The zero-order chi connectivity index (χ0) is 14.3. The normalized spacial score (nSPS) is 11.2. The highest BCUT2D eigenvalue weighted by Crippen LogP contribution is 2.24. The van der Waals surface area contributed by atoms with Gasteiger partial charge in [-0.2, -0.15) is 5.10 Å². The summed E-state index contributed by atoms with van der Waals surface area (Å²) in [7, 11) is 0. The Balaban J connectivity index is 2.42. The van der Waals surface area contributed by atoms with Gasteiger partial charge in [-0.3, -0.25) is 4.79 Å². The lowest BCUT2D eigenvalue weighted by molar-refractivity contribution is 0.612. The van der Waals surface area contributed by atoms with Crippen molar-refractivity contribution >= 4 is 22.6 Å². The first kappa shape index (κ1) is 12.9. The number of para-hydroxylation sites is 1. The minimum Gasteiger partial charge on any atom is -0.306 e. The molecule has 6 heteroatoms. The fraction of sp³-hybridized carbons (Fsp3) is 0.143. The van der Waals surface area contributed by atoms with Crippen molar-refractivity contribution in [2.75, 3.05) is 0 Å². The zero-order valence-electron chi connectivity index (χ0n) is 10.7. The molecule has 1 N–H and O–H groups in total. The average Bonchev–Trinajstić information content (AvgIpc) is 2.75. The molecule has 3 rings (SSSR count). The second-order valence-electron chi connectivity index (χ2n) is 4.46. The summed E-state index contributed by atoms with van der Waals surface area (Å²) in [6.07, 6.45) is 0. The van der Waals surface area contributed by atoms with Gasteiger partial charge in [-0.05, 0) is 24.6 Å². The van der Waals surface area contributed by atoms with Crippen LogP contribution in [0.1, 0.15) is 11.3 Å². The number of pyridine rings is 1. The predicted octanol–water partition coefficient (Wildman–Crippen LogP) is 2.90. The van der Waals surface area contributed by atoms with E-state index in [2.05, 4.69) is 10.1 Å². The van der Waals surface area contributed by atoms with Gasteiger partial charge in [0.25, 0.3) is 0 Å². The van der Waals surface area contributed by atoms with Crippen molar-refractivity contribution in [3.05, 3.63) is 57.8 Å². The van der Waals surface area contributed by atoms with Crippen LogP contribution in [0.3, 0.4) is 0 Å². The van der Waals surface area contributed by atoms with Gasteiger partial charge in [-0.25, -0.2) is 9.07 Å². The Kier molecular flexibility index (Phi) is 3.06. The van der Waals surface area contributed by atoms with Crippen molar-refractivity contribution in [2.24, 2.45) is 0 Å². The lowest BCUT2D eigenvalue weighted by atomic mass is 10.2. The second-order valence-corrected chi connectivity index (χ2v) is 4.73. The molecule has 20 heavy (non-hydrogen) atoms. The van der Waals surface area contributed by atoms with Crippen molar-refractivity contribution in [1.82, 2.24) is 14.8 Å². The monoisotopic (exact) mass is 291 g/mol. The lowest BCUT2D eigenvalue weighted by Crippen LogP contribution is -2.09. The van der Waals surface area contributed by atoms with E-state index in [1.807, 2.05) is 0 Å². The smallest absolute Gasteiger partial charge is 0.249 e. The molecule has 0 radical (unpaired) electrons. The summed E-state index contributed by atoms with van der Waals surface area (Å²) in [6, 6.07) is 7.71. The van der Waals surface area contributed by atoms with Crippen LogP contribution in [0.2, 0.25) is 0 Å². The number of alkyl halides is 1. The SMILES string of the molecule is Cc1nn(-c2ccccc2F)c2[nH]c(=O)cc(CCl)c12. The van der Waals surface area contributed by atoms with Gasteiger partial charge in [-0.15, -0.1) is 11.6 Å². The maximum absolute atomic E-state index is 13.9. The summed E-state index contributed by atoms with van der Waals surface area (Å²) in [4.78, 5) is 14.4. The molecule has 0 aliphatic carbocycles. The number of aromatic amines is 1. The number of nitrogens with zero attached hydrogens (tertiary/aromatic N) is 2. The topological polar surface area (TPSA) is 50.7 Å². The first-order valence-electron chi connectivity index (χ1n) is 6.04. The molecule has 0 amide bonds. The fourth-order valence-corrected chi connectivity index (χ4v) is 2.52. The molecule has 0 spiro atoms. The van der Waals surface area contributed by atoms with Crippen LogP contribution in [0, 0.1) is 12.7 Å². The second kappa shape index (κ2) is 4.76. The van der Waals surface area contributed by atoms with Crippen LogP contribution >= 0.6 is 11.6 Å². The van der Waals surface area contributed by atoms with Crippen LogP contribution in [0.25, 0.3) is 16.7 Å². The highest BCUT2D eigenvalue weighted by atomic mass is 35.5. The zero-order valence-corrected chi connectivity index (χ0v) is 11.4. The minimum atomic E-state index is -0.408. The Labute approximate surface area is 118 Å². The number of halogens is 2. The number of hydrogen-bond donors (Lipinski definition) is 1. The highest BCUT2D eigenvalue weighted by molar-refractivity contribution is 6.18. The van der Waals surface area contributed by atoms with Crippen LogP contribution in [-0.2, 0) is 5.88 Å². The number of aromatic nitrogens is 3. The number of fused-ring (bicyclic) bond motifs is 1. The third-order valence-corrected chi connectivity index (χ3v) is 3.44. The standard InChI is InChI=1S/C14H11ClFN3O/c1-8-13-9(7-15)6-12(20)17-14(13)19(18-8)11-5-3-2-4-10(11)16/h2-6H,7H2,1H3,(H,17,20). The third-order valence-electron chi connectivity index (χ3n) is 3.15. The number of rotatable bonds is 2. The molecule has 2 heterocycles. The fourth-order valence-electron chi connectivity index (χ4n) is 2.31. The molecule has 2 aromatic heterocycles. The predicted molar refractivity (Wildman–Crippen MR) is 75.9 cm³/mol. The summed E-state index contributed by atoms with van der Waals surface area (Å²) in [5, 5.41) is 5.07. The first-order valence-corrected chi connectivity index (χ1v) is 6.57. The van der Waals surface area contributed by atoms with E-state index in [-0.39, 0.29) is 17.1 Å². The van der Waals surface area contributed by atoms with Crippen molar-refractivity contribution < 1.29 is 4.39 Å². The van der Waals surface area contributed by atoms with Gasteiger partial charge in [0.1, 0.15) is 17.2 Å². The van der Waals surface area contributed by atoms with Crippen LogP contribution < -0.4 is 5.56 Å². The Morgan fingerprint density at radius 1 is 1.40 bits per heavy atom. The van der Waals surface area contributed by atoms with E-state index in [1.165, 1.54) is 16.8 Å². The Hall–Kier alpha value is -2.14.